The number of aryl methyl sites for hydroxylation is 1. The van der Waals surface area contributed by atoms with E-state index in [9.17, 15) is 0 Å². The minimum atomic E-state index is -0.156. The number of rotatable bonds is 7. The number of thioether (sulfide) groups is 1. The Kier molecular flexibility index (Phi) is 10.2. The fourth-order valence-corrected chi connectivity index (χ4v) is 5.05. The highest BCUT2D eigenvalue weighted by Crippen LogP contribution is 2.31. The lowest BCUT2D eigenvalue weighted by molar-refractivity contribution is -0.0279. The van der Waals surface area contributed by atoms with Crippen LogP contribution < -0.4 is 15.5 Å². The van der Waals surface area contributed by atoms with Gasteiger partial charge in [-0.1, -0.05) is 0 Å². The van der Waals surface area contributed by atoms with Gasteiger partial charge in [0.05, 0.1) is 23.8 Å². The first-order valence-electron chi connectivity index (χ1n) is 11.4. The molecule has 0 aliphatic carbocycles. The number of pyridine rings is 1. The van der Waals surface area contributed by atoms with Gasteiger partial charge in [0, 0.05) is 41.8 Å². The summed E-state index contributed by atoms with van der Waals surface area (Å²) in [7, 11) is 0. The summed E-state index contributed by atoms with van der Waals surface area (Å²) in [5.41, 5.74) is 3.40. The average Bonchev–Trinajstić information content (AvgIpc) is 3.32. The van der Waals surface area contributed by atoms with Crippen molar-refractivity contribution in [3.63, 3.8) is 0 Å². The minimum absolute atomic E-state index is 0.156. The molecule has 34 heavy (non-hydrogen) atoms. The molecule has 2 aliphatic heterocycles. The third kappa shape index (κ3) is 7.71. The van der Waals surface area contributed by atoms with Crippen LogP contribution >= 0.6 is 23.1 Å². The predicted molar refractivity (Wildman–Crippen MR) is 147 cm³/mol. The van der Waals surface area contributed by atoms with Gasteiger partial charge in [0.25, 0.3) is 0 Å². The highest BCUT2D eigenvalue weighted by atomic mass is 32.2. The molecule has 2 aromatic heterocycles. The van der Waals surface area contributed by atoms with Crippen LogP contribution in [-0.4, -0.2) is 74.3 Å². The molecule has 0 radical (unpaired) electrons. The van der Waals surface area contributed by atoms with Crippen molar-refractivity contribution in [2.75, 3.05) is 50.2 Å². The van der Waals surface area contributed by atoms with E-state index in [2.05, 4.69) is 64.9 Å². The van der Waals surface area contributed by atoms with Crippen molar-refractivity contribution < 1.29 is 4.74 Å². The van der Waals surface area contributed by atoms with Crippen LogP contribution in [0, 0.1) is 6.92 Å². The van der Waals surface area contributed by atoms with E-state index in [1.807, 2.05) is 17.7 Å². The molecule has 0 saturated carbocycles. The lowest BCUT2D eigenvalue weighted by Gasteiger charge is -2.38. The standard InChI is InChI=1S/C20H25N5OS2.C4H10N2/c1-14-15(6-7-18(23-14)25-8-9-26-20(2,3)12-25)19-24-17(11-28-19)16(22-5)10-27-13-21-4;1-2-5-4-6-3-1/h6-7,10-11H,4-5,8-9,12-13H2,1-3H3;5-6H,1-4H2/b16-10-;. The van der Waals surface area contributed by atoms with Crippen molar-refractivity contribution in [1.82, 2.24) is 20.6 Å². The Bertz CT molecular complexity index is 974. The van der Waals surface area contributed by atoms with E-state index in [1.54, 1.807) is 11.3 Å². The minimum Gasteiger partial charge on any atom is -0.372 e. The summed E-state index contributed by atoms with van der Waals surface area (Å²) in [4.78, 5) is 19.8. The normalized spacial score (nSPS) is 18.1. The highest BCUT2D eigenvalue weighted by molar-refractivity contribution is 8.02. The van der Waals surface area contributed by atoms with Crippen LogP contribution in [0.5, 0.6) is 0 Å². The lowest BCUT2D eigenvalue weighted by Crippen LogP contribution is -2.48. The van der Waals surface area contributed by atoms with Gasteiger partial charge >= 0.3 is 0 Å². The number of aliphatic imine (C=N–C) groups is 2. The molecule has 2 aromatic rings. The zero-order valence-corrected chi connectivity index (χ0v) is 22.0. The molecule has 2 aliphatic rings. The second-order valence-electron chi connectivity index (χ2n) is 8.58. The van der Waals surface area contributed by atoms with Crippen molar-refractivity contribution in [2.45, 2.75) is 32.8 Å². The van der Waals surface area contributed by atoms with Crippen molar-refractivity contribution in [3.8, 4) is 10.6 Å². The third-order valence-corrected chi connectivity index (χ3v) is 6.90. The lowest BCUT2D eigenvalue weighted by atomic mass is 10.1. The summed E-state index contributed by atoms with van der Waals surface area (Å²) in [5, 5.41) is 11.2. The van der Waals surface area contributed by atoms with Crippen molar-refractivity contribution in [2.24, 2.45) is 9.98 Å². The molecule has 0 aromatic carbocycles. The molecule has 0 atom stereocenters. The average molecular weight is 502 g/mol. The maximum absolute atomic E-state index is 5.80. The Morgan fingerprint density at radius 3 is 2.68 bits per heavy atom. The second kappa shape index (κ2) is 13.1. The Morgan fingerprint density at radius 1 is 1.29 bits per heavy atom. The van der Waals surface area contributed by atoms with Gasteiger partial charge in [0.1, 0.15) is 16.5 Å². The first-order valence-corrected chi connectivity index (χ1v) is 13.3. The molecule has 0 bridgehead atoms. The number of nitrogens with one attached hydrogen (secondary N) is 2. The van der Waals surface area contributed by atoms with Crippen molar-refractivity contribution >= 4 is 48.0 Å². The molecule has 10 heteroatoms. The molecule has 0 amide bonds. The van der Waals surface area contributed by atoms with Crippen LogP contribution in [0.4, 0.5) is 5.82 Å². The summed E-state index contributed by atoms with van der Waals surface area (Å²) in [6.07, 6.45) is 1.28. The largest absolute Gasteiger partial charge is 0.372 e. The Morgan fingerprint density at radius 2 is 2.09 bits per heavy atom. The number of morpholine rings is 1. The zero-order chi connectivity index (χ0) is 24.4. The Labute approximate surface area is 211 Å². The van der Waals surface area contributed by atoms with Crippen molar-refractivity contribution in [1.29, 1.82) is 0 Å². The smallest absolute Gasteiger partial charge is 0.129 e. The summed E-state index contributed by atoms with van der Waals surface area (Å²) < 4.78 is 5.80. The van der Waals surface area contributed by atoms with Crippen LogP contribution in [0.3, 0.4) is 0 Å². The zero-order valence-electron chi connectivity index (χ0n) is 20.3. The monoisotopic (exact) mass is 501 g/mol. The number of thiazole rings is 1. The summed E-state index contributed by atoms with van der Waals surface area (Å²) in [6.45, 7) is 19.2. The molecule has 8 nitrogen and oxygen atoms in total. The number of aromatic nitrogens is 2. The van der Waals surface area contributed by atoms with Gasteiger partial charge < -0.3 is 20.3 Å². The SMILES string of the molecule is C1CNCNC1.C=NCS/C=C(\N=C)c1csc(-c2ccc(N3CCOC(C)(C)C3)nc2C)n1. The molecule has 184 valence electrons. The molecule has 2 saturated heterocycles. The van der Waals surface area contributed by atoms with Crippen LogP contribution in [0.25, 0.3) is 16.3 Å². The van der Waals surface area contributed by atoms with Crippen LogP contribution in [0.2, 0.25) is 0 Å². The van der Waals surface area contributed by atoms with Gasteiger partial charge in [0.2, 0.25) is 0 Å². The van der Waals surface area contributed by atoms with Crippen LogP contribution in [0.15, 0.2) is 32.9 Å². The second-order valence-corrected chi connectivity index (χ2v) is 10.3. The number of nitrogens with zero attached hydrogens (tertiary/aromatic N) is 5. The van der Waals surface area contributed by atoms with Crippen molar-refractivity contribution in [3.05, 3.63) is 34.3 Å². The fraction of sp³-hybridized carbons (Fsp3) is 0.500. The molecule has 2 N–H and O–H groups in total. The molecular formula is C24H35N7OS2. The first kappa shape index (κ1) is 26.5. The van der Waals surface area contributed by atoms with E-state index in [1.165, 1.54) is 31.3 Å². The van der Waals surface area contributed by atoms with E-state index in [0.29, 0.717) is 12.5 Å². The predicted octanol–water partition coefficient (Wildman–Crippen LogP) is 4.05. The summed E-state index contributed by atoms with van der Waals surface area (Å²) in [6, 6.07) is 4.17. The molecule has 4 heterocycles. The third-order valence-electron chi connectivity index (χ3n) is 5.31. The van der Waals surface area contributed by atoms with Gasteiger partial charge in [0.15, 0.2) is 0 Å². The van der Waals surface area contributed by atoms with Gasteiger partial charge in [-0.2, -0.15) is 0 Å². The van der Waals surface area contributed by atoms with E-state index in [4.69, 9.17) is 14.7 Å². The fourth-order valence-electron chi connectivity index (χ4n) is 3.63. The Balaban J connectivity index is 0.000000469. The van der Waals surface area contributed by atoms with Gasteiger partial charge in [-0.05, 0) is 65.8 Å². The van der Waals surface area contributed by atoms with E-state index >= 15 is 0 Å². The summed E-state index contributed by atoms with van der Waals surface area (Å²) in [5.74, 6) is 1.56. The number of hydrogen-bond donors (Lipinski definition) is 2. The summed E-state index contributed by atoms with van der Waals surface area (Å²) >= 11 is 3.10. The maximum atomic E-state index is 5.80. The van der Waals surface area contributed by atoms with Gasteiger partial charge in [-0.25, -0.2) is 9.97 Å². The van der Waals surface area contributed by atoms with E-state index < -0.39 is 0 Å². The molecule has 0 unspecified atom stereocenters. The Hall–Kier alpha value is -2.11. The number of anilines is 1. The van der Waals surface area contributed by atoms with Gasteiger partial charge in [-0.15, -0.1) is 23.1 Å². The molecule has 0 spiro atoms. The molecular weight excluding hydrogens is 466 g/mol. The topological polar surface area (TPSA) is 87.0 Å². The van der Waals surface area contributed by atoms with Crippen LogP contribution in [0.1, 0.15) is 31.7 Å². The quantitative estimate of drug-likeness (QED) is 0.437. The van der Waals surface area contributed by atoms with E-state index in [-0.39, 0.29) is 5.60 Å². The molecule has 2 fully saturated rings. The number of hydrogen-bond acceptors (Lipinski definition) is 10. The maximum Gasteiger partial charge on any atom is 0.129 e. The van der Waals surface area contributed by atoms with Crippen LogP contribution in [-0.2, 0) is 4.74 Å². The highest BCUT2D eigenvalue weighted by Gasteiger charge is 2.28. The first-order chi connectivity index (χ1) is 16.4. The molecule has 4 rings (SSSR count). The van der Waals surface area contributed by atoms with E-state index in [0.717, 1.165) is 53.2 Å². The van der Waals surface area contributed by atoms with Gasteiger partial charge in [-0.3, -0.25) is 9.98 Å². The number of ether oxygens (including phenoxy) is 1.